The van der Waals surface area contributed by atoms with Gasteiger partial charge in [-0.3, -0.25) is 0 Å². The molecular weight excluding hydrogens is 548 g/mol. The fraction of sp³-hybridized carbons (Fsp3) is 0.324. The summed E-state index contributed by atoms with van der Waals surface area (Å²) in [4.78, 5) is 11.9. The average Bonchev–Trinajstić information content (AvgIpc) is 3.02. The second-order valence-electron chi connectivity index (χ2n) is 10.7. The van der Waals surface area contributed by atoms with Gasteiger partial charge in [0.1, 0.15) is 11.4 Å². The molecule has 4 N–H and O–H groups in total. The number of hydrogen-bond donors (Lipinski definition) is 4. The third-order valence-electron chi connectivity index (χ3n) is 7.88. The molecule has 3 aromatic carbocycles. The van der Waals surface area contributed by atoms with E-state index < -0.39 is 10.9 Å². The van der Waals surface area contributed by atoms with Crippen molar-refractivity contribution < 1.29 is 25.1 Å². The van der Waals surface area contributed by atoms with E-state index in [-0.39, 0.29) is 22.7 Å². The Morgan fingerprint density at radius 2 is 1.60 bits per heavy atom. The molecule has 1 aliphatic rings. The minimum Gasteiger partial charge on any atom is -0.494 e. The van der Waals surface area contributed by atoms with Crippen molar-refractivity contribution >= 4 is 38.9 Å². The lowest BCUT2D eigenvalue weighted by Gasteiger charge is -2.23. The van der Waals surface area contributed by atoms with E-state index in [9.17, 15) is 20.3 Å². The zero-order valence-electron chi connectivity index (χ0n) is 24.8. The van der Waals surface area contributed by atoms with Crippen molar-refractivity contribution in [2.24, 2.45) is 0 Å². The van der Waals surface area contributed by atoms with E-state index in [0.717, 1.165) is 16.9 Å². The Morgan fingerprint density at radius 3 is 2.17 bits per heavy atom. The van der Waals surface area contributed by atoms with Gasteiger partial charge in [-0.2, -0.15) is 5.43 Å². The van der Waals surface area contributed by atoms with Crippen molar-refractivity contribution in [3.63, 3.8) is 0 Å². The number of methoxy groups -OCH3 is 1. The minimum absolute atomic E-state index is 0.0269. The molecular formula is C34H41N2O5S+. The number of benzene rings is 3. The monoisotopic (exact) mass is 589 g/mol. The highest BCUT2D eigenvalue weighted by Crippen LogP contribution is 2.43. The summed E-state index contributed by atoms with van der Waals surface area (Å²) in [5, 5.41) is 30.9. The van der Waals surface area contributed by atoms with Gasteiger partial charge < -0.3 is 9.84 Å². The molecule has 0 heterocycles. The number of nitrogens with one attached hydrogen (secondary N) is 1. The number of carboxylic acids is 1. The Balaban J connectivity index is 1.52. The van der Waals surface area contributed by atoms with Crippen molar-refractivity contribution in [2.75, 3.05) is 12.5 Å². The number of rotatable bonds is 11. The van der Waals surface area contributed by atoms with E-state index in [1.807, 2.05) is 19.1 Å². The minimum atomic E-state index is -1.64. The number of hydrogen-bond acceptors (Lipinski definition) is 6. The van der Waals surface area contributed by atoms with Crippen molar-refractivity contribution in [3.8, 4) is 5.75 Å². The summed E-state index contributed by atoms with van der Waals surface area (Å²) < 4.78 is 5.25. The number of carboxylic acid groups (broad SMARTS) is 1. The lowest BCUT2D eigenvalue weighted by Crippen LogP contribution is -2.47. The van der Waals surface area contributed by atoms with Crippen molar-refractivity contribution in [1.82, 2.24) is 4.92 Å². The third kappa shape index (κ3) is 7.44. The van der Waals surface area contributed by atoms with Crippen LogP contribution in [0.1, 0.15) is 92.3 Å². The first-order chi connectivity index (χ1) is 20.2. The van der Waals surface area contributed by atoms with Gasteiger partial charge in [0.05, 0.1) is 17.6 Å². The Labute approximate surface area is 252 Å². The van der Waals surface area contributed by atoms with E-state index in [0.29, 0.717) is 5.92 Å². The summed E-state index contributed by atoms with van der Waals surface area (Å²) in [6, 6.07) is 20.2. The molecule has 42 heavy (non-hydrogen) atoms. The van der Waals surface area contributed by atoms with Gasteiger partial charge in [0.15, 0.2) is 0 Å². The van der Waals surface area contributed by atoms with Gasteiger partial charge in [-0.15, -0.1) is 10.4 Å². The van der Waals surface area contributed by atoms with Gasteiger partial charge in [0.25, 0.3) is 0 Å². The van der Waals surface area contributed by atoms with E-state index in [1.54, 1.807) is 23.9 Å². The smallest absolute Gasteiger partial charge is 0.335 e. The first-order valence-electron chi connectivity index (χ1n) is 14.5. The van der Waals surface area contributed by atoms with Gasteiger partial charge in [0, 0.05) is 21.9 Å². The molecule has 0 saturated heterocycles. The molecule has 222 valence electrons. The van der Waals surface area contributed by atoms with E-state index >= 15 is 0 Å². The van der Waals surface area contributed by atoms with Crippen LogP contribution in [0, 0.1) is 0 Å². The van der Waals surface area contributed by atoms with Gasteiger partial charge >= 0.3 is 5.97 Å². The molecule has 1 aliphatic carbocycles. The number of ether oxygens (including phenoxy) is 1. The molecule has 0 unspecified atom stereocenters. The second kappa shape index (κ2) is 14.1. The Morgan fingerprint density at radius 1 is 0.976 bits per heavy atom. The predicted octanol–water partition coefficient (Wildman–Crippen LogP) is 9.49. The van der Waals surface area contributed by atoms with E-state index in [1.165, 1.54) is 79.0 Å². The zero-order chi connectivity index (χ0) is 30.3. The first kappa shape index (κ1) is 31.4. The first-order valence-corrected chi connectivity index (χ1v) is 15.3. The summed E-state index contributed by atoms with van der Waals surface area (Å²) >= 11 is 1.73. The van der Waals surface area contributed by atoms with Gasteiger partial charge in [-0.25, -0.2) is 4.79 Å². The summed E-state index contributed by atoms with van der Waals surface area (Å²) in [6.45, 7) is 6.36. The van der Waals surface area contributed by atoms with Crippen LogP contribution in [0.15, 0.2) is 78.4 Å². The van der Waals surface area contributed by atoms with Crippen LogP contribution in [-0.2, 0) is 0 Å². The Kier molecular flexibility index (Phi) is 10.5. The average molecular weight is 590 g/mol. The number of allylic oxidation sites excluding steroid dienone is 2. The maximum Gasteiger partial charge on any atom is 0.335 e. The maximum absolute atomic E-state index is 11.3. The van der Waals surface area contributed by atoms with Crippen LogP contribution in [-0.4, -0.2) is 28.6 Å². The van der Waals surface area contributed by atoms with E-state index in [2.05, 4.69) is 49.6 Å². The van der Waals surface area contributed by atoms with Crippen molar-refractivity contribution in [3.05, 3.63) is 101 Å². The lowest BCUT2D eigenvalue weighted by atomic mass is 9.84. The maximum atomic E-state index is 11.3. The highest BCUT2D eigenvalue weighted by atomic mass is 32.2. The van der Waals surface area contributed by atoms with Gasteiger partial charge in [0.2, 0.25) is 5.69 Å². The molecule has 0 aliphatic heterocycles. The molecule has 0 amide bonds. The van der Waals surface area contributed by atoms with Crippen LogP contribution < -0.4 is 15.1 Å². The molecule has 3 aromatic rings. The molecule has 0 spiro atoms. The fourth-order valence-electron chi connectivity index (χ4n) is 5.27. The third-order valence-corrected chi connectivity index (χ3v) is 9.36. The molecule has 0 bridgehead atoms. The molecule has 1 saturated carbocycles. The highest BCUT2D eigenvalue weighted by molar-refractivity contribution is 8.16. The Hall–Kier alpha value is -3.56. The van der Waals surface area contributed by atoms with Crippen LogP contribution in [0.4, 0.5) is 11.4 Å². The molecule has 8 heteroatoms. The van der Waals surface area contributed by atoms with Gasteiger partial charge in [-0.1, -0.05) is 73.9 Å². The van der Waals surface area contributed by atoms with Crippen LogP contribution in [0.25, 0.3) is 9.81 Å². The molecule has 4 rings (SSSR count). The second-order valence-corrected chi connectivity index (χ2v) is 11.7. The normalized spacial score (nSPS) is 15.2. The Bertz CT molecular complexity index is 1440. The number of carbonyl (C=O) groups is 1. The largest absolute Gasteiger partial charge is 0.494 e. The number of anilines is 1. The SMILES string of the molecule is C/C=C(\SC(=C(C)CC)c1ccc(C2CCCCC2)cc1)c1ccc([N+](O)(O)Nc2ccc(C(=O)O)cc2OC)cc1. The van der Waals surface area contributed by atoms with Gasteiger partial charge in [-0.05, 0) is 86.1 Å². The summed E-state index contributed by atoms with van der Waals surface area (Å²) in [7, 11) is 1.38. The molecule has 0 aromatic heterocycles. The van der Waals surface area contributed by atoms with Crippen molar-refractivity contribution in [1.29, 1.82) is 0 Å². The number of aromatic carboxylic acids is 1. The highest BCUT2D eigenvalue weighted by Gasteiger charge is 2.29. The number of thioether (sulfide) groups is 1. The number of nitrogens with zero attached hydrogens (tertiary/aromatic N) is 1. The summed E-state index contributed by atoms with van der Waals surface area (Å²) in [5.74, 6) is -0.263. The molecule has 7 nitrogen and oxygen atoms in total. The summed E-state index contributed by atoms with van der Waals surface area (Å²) in [6.07, 6.45) is 9.58. The van der Waals surface area contributed by atoms with Crippen LogP contribution in [0.3, 0.4) is 0 Å². The molecule has 0 radical (unpaired) electrons. The zero-order valence-corrected chi connectivity index (χ0v) is 25.6. The van der Waals surface area contributed by atoms with Crippen LogP contribution in [0.2, 0.25) is 0 Å². The quantitative estimate of drug-likeness (QED) is 0.131. The summed E-state index contributed by atoms with van der Waals surface area (Å²) in [5.41, 5.74) is 7.93. The van der Waals surface area contributed by atoms with Crippen LogP contribution >= 0.6 is 11.8 Å². The molecule has 0 atom stereocenters. The number of quaternary nitrogens is 1. The fourth-order valence-corrected chi connectivity index (χ4v) is 6.44. The van der Waals surface area contributed by atoms with Crippen LogP contribution in [0.5, 0.6) is 5.75 Å². The van der Waals surface area contributed by atoms with Crippen molar-refractivity contribution in [2.45, 2.75) is 65.2 Å². The lowest BCUT2D eigenvalue weighted by molar-refractivity contribution is -0.272. The molecule has 1 fully saturated rings. The standard InChI is InChI=1S/C34H40N2O5S/c1-5-23(3)33(27-14-12-25(13-15-27)24-10-8-7-9-11-24)42-32(6-2)26-16-19-29(20-17-26)36(39,40)35-30-21-18-28(34(37)38)22-31(30)41-4/h6,12-22,24,35,39-40H,5,7-11H2,1-4H3/p+1/b32-6-,33-23?. The van der Waals surface area contributed by atoms with E-state index in [4.69, 9.17) is 4.74 Å². The predicted molar refractivity (Wildman–Crippen MR) is 172 cm³/mol. The topological polar surface area (TPSA) is 99.0 Å².